The summed E-state index contributed by atoms with van der Waals surface area (Å²) in [4.78, 5) is 13.1. The molecule has 4 heteroatoms. The van der Waals surface area contributed by atoms with Gasteiger partial charge in [-0.25, -0.2) is 4.79 Å². The van der Waals surface area contributed by atoms with Crippen molar-refractivity contribution in [3.05, 3.63) is 0 Å². The largest absolute Gasteiger partial charge is 0.447 e. The second-order valence-corrected chi connectivity index (χ2v) is 3.15. The van der Waals surface area contributed by atoms with Crippen molar-refractivity contribution < 1.29 is 14.3 Å². The summed E-state index contributed by atoms with van der Waals surface area (Å²) < 4.78 is 9.77. The number of carbonyl (C=O) groups excluding carboxylic acids is 1. The minimum Gasteiger partial charge on any atom is -0.447 e. The minimum absolute atomic E-state index is 0.197. The van der Waals surface area contributed by atoms with Crippen molar-refractivity contribution in [3.63, 3.8) is 0 Å². The quantitative estimate of drug-likeness (QED) is 0.624. The van der Waals surface area contributed by atoms with Crippen molar-refractivity contribution in [1.82, 2.24) is 4.90 Å². The topological polar surface area (TPSA) is 38.8 Å². The summed E-state index contributed by atoms with van der Waals surface area (Å²) in [7, 11) is 1.59. The Hall–Kier alpha value is -0.770. The molecular weight excluding hydrogens is 170 g/mol. The Morgan fingerprint density at radius 1 is 1.23 bits per heavy atom. The van der Waals surface area contributed by atoms with Crippen molar-refractivity contribution in [2.24, 2.45) is 0 Å². The maximum atomic E-state index is 11.3. The molecule has 1 amide bonds. The number of hydrogen-bond donors (Lipinski definition) is 0. The summed E-state index contributed by atoms with van der Waals surface area (Å²) in [6, 6.07) is 0. The highest BCUT2D eigenvalue weighted by Gasteiger charge is 2.16. The summed E-state index contributed by atoms with van der Waals surface area (Å²) in [5.41, 5.74) is 0. The first kappa shape index (κ1) is 10.3. The van der Waals surface area contributed by atoms with Gasteiger partial charge in [-0.2, -0.15) is 0 Å². The van der Waals surface area contributed by atoms with Crippen LogP contribution in [0, 0.1) is 0 Å². The van der Waals surface area contributed by atoms with Crippen LogP contribution in [0.2, 0.25) is 0 Å². The van der Waals surface area contributed by atoms with Crippen molar-refractivity contribution in [3.8, 4) is 0 Å². The van der Waals surface area contributed by atoms with Gasteiger partial charge in [-0.15, -0.1) is 0 Å². The fourth-order valence-electron chi connectivity index (χ4n) is 1.38. The van der Waals surface area contributed by atoms with E-state index < -0.39 is 0 Å². The Morgan fingerprint density at radius 3 is 2.54 bits per heavy atom. The monoisotopic (exact) mass is 187 g/mol. The van der Waals surface area contributed by atoms with Crippen molar-refractivity contribution >= 4 is 6.09 Å². The van der Waals surface area contributed by atoms with Crippen LogP contribution in [0.1, 0.15) is 19.3 Å². The molecule has 4 nitrogen and oxygen atoms in total. The number of hydrogen-bond acceptors (Lipinski definition) is 3. The van der Waals surface area contributed by atoms with Gasteiger partial charge in [0.2, 0.25) is 0 Å². The Kier molecular flexibility index (Phi) is 4.60. The molecule has 0 aromatic rings. The van der Waals surface area contributed by atoms with Crippen LogP contribution in [0.25, 0.3) is 0 Å². The molecule has 1 saturated heterocycles. The standard InChI is InChI=1S/C9H17NO3/c1-12-7-8-13-9(11)10-5-3-2-4-6-10/h2-8H2,1H3. The predicted octanol–water partition coefficient (Wildman–Crippen LogP) is 1.26. The molecule has 0 saturated carbocycles. The number of rotatable bonds is 3. The Bertz CT molecular complexity index is 155. The van der Waals surface area contributed by atoms with Crippen LogP contribution in [-0.4, -0.2) is 44.4 Å². The lowest BCUT2D eigenvalue weighted by atomic mass is 10.1. The first-order chi connectivity index (χ1) is 6.34. The van der Waals surface area contributed by atoms with Crippen molar-refractivity contribution in [2.75, 3.05) is 33.4 Å². The van der Waals surface area contributed by atoms with E-state index in [2.05, 4.69) is 0 Å². The molecule has 76 valence electrons. The number of nitrogens with zero attached hydrogens (tertiary/aromatic N) is 1. The van der Waals surface area contributed by atoms with Crippen molar-refractivity contribution in [2.45, 2.75) is 19.3 Å². The zero-order valence-corrected chi connectivity index (χ0v) is 8.12. The van der Waals surface area contributed by atoms with Crippen LogP contribution in [0.3, 0.4) is 0 Å². The highest BCUT2D eigenvalue weighted by molar-refractivity contribution is 5.67. The average Bonchev–Trinajstić information content (AvgIpc) is 2.19. The number of methoxy groups -OCH3 is 1. The van der Waals surface area contributed by atoms with E-state index in [1.165, 1.54) is 6.42 Å². The summed E-state index contributed by atoms with van der Waals surface area (Å²) in [5, 5.41) is 0. The third-order valence-corrected chi connectivity index (χ3v) is 2.13. The van der Waals surface area contributed by atoms with E-state index in [9.17, 15) is 4.79 Å². The highest BCUT2D eigenvalue weighted by atomic mass is 16.6. The third kappa shape index (κ3) is 3.63. The summed E-state index contributed by atoms with van der Waals surface area (Å²) in [6.45, 7) is 2.50. The molecule has 0 bridgehead atoms. The lowest BCUT2D eigenvalue weighted by Gasteiger charge is -2.25. The fourth-order valence-corrected chi connectivity index (χ4v) is 1.38. The second kappa shape index (κ2) is 5.80. The first-order valence-electron chi connectivity index (χ1n) is 4.75. The van der Waals surface area contributed by atoms with Gasteiger partial charge in [0, 0.05) is 20.2 Å². The van der Waals surface area contributed by atoms with Gasteiger partial charge in [0.15, 0.2) is 0 Å². The molecule has 1 aliphatic heterocycles. The van der Waals surface area contributed by atoms with Crippen molar-refractivity contribution in [1.29, 1.82) is 0 Å². The maximum absolute atomic E-state index is 11.3. The molecule has 13 heavy (non-hydrogen) atoms. The smallest absolute Gasteiger partial charge is 0.409 e. The molecule has 0 atom stereocenters. The number of amides is 1. The molecule has 1 aliphatic rings. The molecule has 0 unspecified atom stereocenters. The molecule has 1 heterocycles. The third-order valence-electron chi connectivity index (χ3n) is 2.13. The van der Waals surface area contributed by atoms with E-state index >= 15 is 0 Å². The number of likely N-dealkylation sites (tertiary alicyclic amines) is 1. The Labute approximate surface area is 78.8 Å². The maximum Gasteiger partial charge on any atom is 0.409 e. The van der Waals surface area contributed by atoms with E-state index in [0.717, 1.165) is 25.9 Å². The van der Waals surface area contributed by atoms with Crippen LogP contribution in [-0.2, 0) is 9.47 Å². The van der Waals surface area contributed by atoms with E-state index in [0.29, 0.717) is 13.2 Å². The van der Waals surface area contributed by atoms with E-state index in [-0.39, 0.29) is 6.09 Å². The normalized spacial score (nSPS) is 17.2. The van der Waals surface area contributed by atoms with Gasteiger partial charge in [0.25, 0.3) is 0 Å². The molecular formula is C9H17NO3. The van der Waals surface area contributed by atoms with Gasteiger partial charge in [0.05, 0.1) is 6.61 Å². The lowest BCUT2D eigenvalue weighted by molar-refractivity contribution is 0.0674. The van der Waals surface area contributed by atoms with Crippen LogP contribution in [0.15, 0.2) is 0 Å². The van der Waals surface area contributed by atoms with Crippen LogP contribution < -0.4 is 0 Å². The highest BCUT2D eigenvalue weighted by Crippen LogP contribution is 2.09. The van der Waals surface area contributed by atoms with Gasteiger partial charge in [-0.05, 0) is 19.3 Å². The van der Waals surface area contributed by atoms with Gasteiger partial charge in [-0.1, -0.05) is 0 Å². The van der Waals surface area contributed by atoms with E-state index in [4.69, 9.17) is 9.47 Å². The van der Waals surface area contributed by atoms with Gasteiger partial charge < -0.3 is 14.4 Å². The summed E-state index contributed by atoms with van der Waals surface area (Å²) >= 11 is 0. The van der Waals surface area contributed by atoms with Crippen LogP contribution in [0.4, 0.5) is 4.79 Å². The molecule has 0 radical (unpaired) electrons. The predicted molar refractivity (Wildman–Crippen MR) is 48.6 cm³/mol. The molecule has 0 spiro atoms. The summed E-state index contributed by atoms with van der Waals surface area (Å²) in [5.74, 6) is 0. The molecule has 0 aromatic heterocycles. The first-order valence-corrected chi connectivity index (χ1v) is 4.75. The van der Waals surface area contributed by atoms with E-state index in [1.807, 2.05) is 0 Å². The second-order valence-electron chi connectivity index (χ2n) is 3.15. The molecule has 1 rings (SSSR count). The average molecular weight is 187 g/mol. The van der Waals surface area contributed by atoms with Gasteiger partial charge in [-0.3, -0.25) is 0 Å². The molecule has 0 aliphatic carbocycles. The van der Waals surface area contributed by atoms with Gasteiger partial charge >= 0.3 is 6.09 Å². The fraction of sp³-hybridized carbons (Fsp3) is 0.889. The molecule has 0 N–H and O–H groups in total. The van der Waals surface area contributed by atoms with Gasteiger partial charge in [0.1, 0.15) is 6.61 Å². The molecule has 1 fully saturated rings. The zero-order valence-electron chi connectivity index (χ0n) is 8.12. The van der Waals surface area contributed by atoms with Crippen LogP contribution in [0.5, 0.6) is 0 Å². The SMILES string of the molecule is COCCOC(=O)N1CCCCC1. The lowest BCUT2D eigenvalue weighted by Crippen LogP contribution is -2.36. The Balaban J connectivity index is 2.13. The number of piperidine rings is 1. The van der Waals surface area contributed by atoms with E-state index in [1.54, 1.807) is 12.0 Å². The molecule has 0 aromatic carbocycles. The zero-order chi connectivity index (χ0) is 9.52. The number of carbonyl (C=O) groups is 1. The summed E-state index contributed by atoms with van der Waals surface area (Å²) in [6.07, 6.45) is 3.22. The van der Waals surface area contributed by atoms with Crippen LogP contribution >= 0.6 is 0 Å². The Morgan fingerprint density at radius 2 is 1.92 bits per heavy atom. The minimum atomic E-state index is -0.197. The number of ether oxygens (including phenoxy) is 2.